The Kier molecular flexibility index (Phi) is 4.51. The molecule has 0 radical (unpaired) electrons. The molecule has 1 aromatic rings. The second-order valence-electron chi connectivity index (χ2n) is 6.21. The van der Waals surface area contributed by atoms with Crippen LogP contribution in [0.2, 0.25) is 0 Å². The Morgan fingerprint density at radius 3 is 2.48 bits per heavy atom. The van der Waals surface area contributed by atoms with Gasteiger partial charge in [-0.05, 0) is 47.0 Å². The van der Waals surface area contributed by atoms with Gasteiger partial charge in [-0.2, -0.15) is 0 Å². The van der Waals surface area contributed by atoms with Crippen molar-refractivity contribution in [1.29, 1.82) is 0 Å². The van der Waals surface area contributed by atoms with Crippen LogP contribution in [0.1, 0.15) is 50.1 Å². The van der Waals surface area contributed by atoms with E-state index in [-0.39, 0.29) is 21.4 Å². The molecule has 1 heterocycles. The maximum Gasteiger partial charge on any atom is 0.287 e. The monoisotopic (exact) mass is 378 g/mol. The van der Waals surface area contributed by atoms with E-state index < -0.39 is 15.9 Å². The summed E-state index contributed by atoms with van der Waals surface area (Å²) in [6.07, 6.45) is 3.90. The number of nitrogens with two attached hydrogens (primary N) is 1. The lowest BCUT2D eigenvalue weighted by molar-refractivity contribution is 0.0880. The molecule has 0 aromatic carbocycles. The molecule has 1 aromatic heterocycles. The van der Waals surface area contributed by atoms with Gasteiger partial charge in [0.1, 0.15) is 4.90 Å². The molecular formula is C13H19BrN2O4S. The maximum absolute atomic E-state index is 12.1. The summed E-state index contributed by atoms with van der Waals surface area (Å²) in [6, 6.07) is 1.23. The number of carbonyl (C=O) groups excluding carboxylic acids is 1. The van der Waals surface area contributed by atoms with E-state index in [2.05, 4.69) is 35.1 Å². The number of carbonyl (C=O) groups is 1. The van der Waals surface area contributed by atoms with Gasteiger partial charge >= 0.3 is 0 Å². The van der Waals surface area contributed by atoms with Crippen molar-refractivity contribution in [2.75, 3.05) is 0 Å². The molecule has 0 atom stereocenters. The zero-order valence-corrected chi connectivity index (χ0v) is 14.4. The third-order valence-corrected chi connectivity index (χ3v) is 5.63. The minimum absolute atomic E-state index is 0.0556. The van der Waals surface area contributed by atoms with Crippen LogP contribution < -0.4 is 10.5 Å². The van der Waals surface area contributed by atoms with Crippen molar-refractivity contribution < 1.29 is 17.6 Å². The SMILES string of the molecule is CC1(C)CCC(NC(=O)c2cc(S(N)(=O)=O)c(Br)o2)CC1. The molecule has 118 valence electrons. The van der Waals surface area contributed by atoms with E-state index in [1.54, 1.807) is 0 Å². The van der Waals surface area contributed by atoms with Crippen LogP contribution in [0, 0.1) is 5.41 Å². The highest BCUT2D eigenvalue weighted by Gasteiger charge is 2.29. The molecule has 3 N–H and O–H groups in total. The Morgan fingerprint density at radius 1 is 1.43 bits per heavy atom. The van der Waals surface area contributed by atoms with Crippen LogP contribution in [0.15, 0.2) is 20.0 Å². The van der Waals surface area contributed by atoms with E-state index in [1.165, 1.54) is 0 Å². The molecule has 1 saturated carbocycles. The van der Waals surface area contributed by atoms with Gasteiger partial charge in [0, 0.05) is 12.1 Å². The first-order valence-corrected chi connectivity index (χ1v) is 9.05. The van der Waals surface area contributed by atoms with Crippen molar-refractivity contribution >= 4 is 31.9 Å². The fraction of sp³-hybridized carbons (Fsp3) is 0.615. The molecule has 0 aliphatic heterocycles. The lowest BCUT2D eigenvalue weighted by Gasteiger charge is -2.34. The van der Waals surface area contributed by atoms with Crippen LogP contribution in [0.3, 0.4) is 0 Å². The Morgan fingerprint density at radius 2 is 2.00 bits per heavy atom. The van der Waals surface area contributed by atoms with Gasteiger partial charge in [-0.25, -0.2) is 13.6 Å². The van der Waals surface area contributed by atoms with Crippen molar-refractivity contribution in [3.8, 4) is 0 Å². The van der Waals surface area contributed by atoms with E-state index in [9.17, 15) is 13.2 Å². The van der Waals surface area contributed by atoms with Crippen LogP contribution in [0.25, 0.3) is 0 Å². The first kappa shape index (κ1) is 16.5. The Hall–Kier alpha value is -0.860. The van der Waals surface area contributed by atoms with Crippen LogP contribution in [0.4, 0.5) is 0 Å². The number of halogens is 1. The lowest BCUT2D eigenvalue weighted by Crippen LogP contribution is -2.39. The minimum atomic E-state index is -3.92. The van der Waals surface area contributed by atoms with Gasteiger partial charge in [-0.15, -0.1) is 0 Å². The molecule has 1 amide bonds. The smallest absolute Gasteiger partial charge is 0.287 e. The summed E-state index contributed by atoms with van der Waals surface area (Å²) in [5.74, 6) is -0.481. The van der Waals surface area contributed by atoms with E-state index in [4.69, 9.17) is 9.56 Å². The number of rotatable bonds is 3. The second-order valence-corrected chi connectivity index (χ2v) is 8.46. The molecule has 6 nitrogen and oxygen atoms in total. The summed E-state index contributed by atoms with van der Waals surface area (Å²) >= 11 is 2.96. The molecule has 0 saturated heterocycles. The van der Waals surface area contributed by atoms with Crippen molar-refractivity contribution in [3.05, 3.63) is 16.5 Å². The van der Waals surface area contributed by atoms with E-state index >= 15 is 0 Å². The molecule has 8 heteroatoms. The van der Waals surface area contributed by atoms with E-state index in [0.717, 1.165) is 31.7 Å². The Bertz CT molecular complexity index is 641. The summed E-state index contributed by atoms with van der Waals surface area (Å²) in [7, 11) is -3.92. The van der Waals surface area contributed by atoms with E-state index in [0.29, 0.717) is 5.41 Å². The first-order chi connectivity index (χ1) is 9.58. The van der Waals surface area contributed by atoms with Crippen LogP contribution in [-0.2, 0) is 10.0 Å². The maximum atomic E-state index is 12.1. The first-order valence-electron chi connectivity index (χ1n) is 6.71. The molecule has 0 bridgehead atoms. The fourth-order valence-corrected chi connectivity index (χ4v) is 3.96. The van der Waals surface area contributed by atoms with Gasteiger partial charge in [0.25, 0.3) is 5.91 Å². The zero-order valence-electron chi connectivity index (χ0n) is 12.0. The number of hydrogen-bond donors (Lipinski definition) is 2. The molecule has 0 spiro atoms. The number of sulfonamides is 1. The largest absolute Gasteiger partial charge is 0.443 e. The topological polar surface area (TPSA) is 102 Å². The number of primary sulfonamides is 1. The van der Waals surface area contributed by atoms with Gasteiger partial charge in [0.15, 0.2) is 10.4 Å². The normalized spacial score (nSPS) is 19.4. The molecule has 2 rings (SSSR count). The van der Waals surface area contributed by atoms with E-state index in [1.807, 2.05) is 0 Å². The molecule has 1 aliphatic rings. The van der Waals surface area contributed by atoms with Gasteiger partial charge in [0.2, 0.25) is 10.0 Å². The molecule has 0 unspecified atom stereocenters. The van der Waals surface area contributed by atoms with Gasteiger partial charge in [-0.1, -0.05) is 13.8 Å². The van der Waals surface area contributed by atoms with Gasteiger partial charge in [-0.3, -0.25) is 4.79 Å². The Labute approximate surface area is 132 Å². The minimum Gasteiger partial charge on any atom is -0.443 e. The standard InChI is InChI=1S/C13H19BrN2O4S/c1-13(2)5-3-8(4-6-13)16-12(17)9-7-10(11(14)20-9)21(15,18)19/h7-8H,3-6H2,1-2H3,(H,16,17)(H2,15,18,19). The van der Waals surface area contributed by atoms with Crippen LogP contribution in [0.5, 0.6) is 0 Å². The van der Waals surface area contributed by atoms with Gasteiger partial charge < -0.3 is 9.73 Å². The fourth-order valence-electron chi connectivity index (χ4n) is 2.46. The van der Waals surface area contributed by atoms with Crippen molar-refractivity contribution in [1.82, 2.24) is 5.32 Å². The summed E-state index contributed by atoms with van der Waals surface area (Å²) < 4.78 is 27.7. The quantitative estimate of drug-likeness (QED) is 0.842. The molecule has 21 heavy (non-hydrogen) atoms. The second kappa shape index (κ2) is 5.73. The summed E-state index contributed by atoms with van der Waals surface area (Å²) in [6.45, 7) is 4.43. The number of amides is 1. The average molecular weight is 379 g/mol. The summed E-state index contributed by atoms with van der Waals surface area (Å²) in [4.78, 5) is 11.9. The molecular weight excluding hydrogens is 360 g/mol. The highest BCUT2D eigenvalue weighted by atomic mass is 79.9. The number of hydrogen-bond acceptors (Lipinski definition) is 4. The van der Waals surface area contributed by atoms with Crippen molar-refractivity contribution in [2.45, 2.75) is 50.5 Å². The number of nitrogens with one attached hydrogen (secondary N) is 1. The third-order valence-electron chi connectivity index (χ3n) is 3.86. The molecule has 1 aliphatic carbocycles. The van der Waals surface area contributed by atoms with Crippen molar-refractivity contribution in [3.63, 3.8) is 0 Å². The van der Waals surface area contributed by atoms with Crippen molar-refractivity contribution in [2.24, 2.45) is 10.6 Å². The van der Waals surface area contributed by atoms with Gasteiger partial charge in [0.05, 0.1) is 0 Å². The average Bonchev–Trinajstić information content (AvgIpc) is 2.74. The Balaban J connectivity index is 2.05. The predicted molar refractivity (Wildman–Crippen MR) is 81.3 cm³/mol. The predicted octanol–water partition coefficient (Wildman–Crippen LogP) is 2.39. The number of furan rings is 1. The summed E-state index contributed by atoms with van der Waals surface area (Å²) in [5, 5.41) is 7.91. The third kappa shape index (κ3) is 4.08. The highest BCUT2D eigenvalue weighted by molar-refractivity contribution is 9.10. The zero-order chi connectivity index (χ0) is 15.8. The van der Waals surface area contributed by atoms with Crippen LogP contribution >= 0.6 is 15.9 Å². The lowest BCUT2D eigenvalue weighted by atomic mass is 9.75. The summed E-state index contributed by atoms with van der Waals surface area (Å²) in [5.41, 5.74) is 0.315. The van der Waals surface area contributed by atoms with Crippen LogP contribution in [-0.4, -0.2) is 20.4 Å². The molecule has 1 fully saturated rings. The highest BCUT2D eigenvalue weighted by Crippen LogP contribution is 2.35.